The monoisotopic (exact) mass is 289 g/mol. The van der Waals surface area contributed by atoms with E-state index in [0.717, 1.165) is 18.8 Å². The second-order valence-corrected chi connectivity index (χ2v) is 6.51. The second kappa shape index (κ2) is 6.55. The standard InChI is InChI=1S/C16H23N3S/c1-13-11-20-12-14(13)9-17-10-15-7-8-19(18-15)16-5-3-2-4-6-16/h7-8,11-12,16-17H,2-6,9-10H2,1H3. The van der Waals surface area contributed by atoms with E-state index in [1.807, 2.05) is 0 Å². The Morgan fingerprint density at radius 3 is 2.85 bits per heavy atom. The molecule has 0 spiro atoms. The highest BCUT2D eigenvalue weighted by molar-refractivity contribution is 7.08. The molecule has 20 heavy (non-hydrogen) atoms. The van der Waals surface area contributed by atoms with Gasteiger partial charge in [-0.2, -0.15) is 16.4 Å². The van der Waals surface area contributed by atoms with Crippen LogP contribution in [0.2, 0.25) is 0 Å². The third kappa shape index (κ3) is 3.30. The lowest BCUT2D eigenvalue weighted by Crippen LogP contribution is -2.16. The Labute approximate surface area is 125 Å². The van der Waals surface area contributed by atoms with Crippen molar-refractivity contribution in [3.05, 3.63) is 39.8 Å². The lowest BCUT2D eigenvalue weighted by molar-refractivity contribution is 0.327. The highest BCUT2D eigenvalue weighted by Gasteiger charge is 2.15. The molecule has 108 valence electrons. The van der Waals surface area contributed by atoms with E-state index in [9.17, 15) is 0 Å². The van der Waals surface area contributed by atoms with Crippen molar-refractivity contribution in [1.82, 2.24) is 15.1 Å². The Bertz CT molecular complexity index is 537. The van der Waals surface area contributed by atoms with Crippen LogP contribution in [0.15, 0.2) is 23.0 Å². The summed E-state index contributed by atoms with van der Waals surface area (Å²) in [5.41, 5.74) is 3.94. The Hall–Kier alpha value is -1.13. The molecule has 0 radical (unpaired) electrons. The minimum absolute atomic E-state index is 0.636. The molecule has 3 nitrogen and oxygen atoms in total. The molecule has 2 heterocycles. The van der Waals surface area contributed by atoms with Gasteiger partial charge in [0.15, 0.2) is 0 Å². The highest BCUT2D eigenvalue weighted by atomic mass is 32.1. The summed E-state index contributed by atoms with van der Waals surface area (Å²) < 4.78 is 2.19. The first-order chi connectivity index (χ1) is 9.83. The fourth-order valence-electron chi connectivity index (χ4n) is 2.91. The summed E-state index contributed by atoms with van der Waals surface area (Å²) in [5, 5.41) is 12.7. The Morgan fingerprint density at radius 1 is 1.25 bits per heavy atom. The molecule has 1 aliphatic rings. The van der Waals surface area contributed by atoms with Gasteiger partial charge in [-0.25, -0.2) is 0 Å². The minimum atomic E-state index is 0.636. The van der Waals surface area contributed by atoms with E-state index in [1.165, 1.54) is 43.2 Å². The predicted octanol–water partition coefficient (Wildman–Crippen LogP) is 4.05. The summed E-state index contributed by atoms with van der Waals surface area (Å²) in [6, 6.07) is 2.79. The summed E-state index contributed by atoms with van der Waals surface area (Å²) in [5.74, 6) is 0. The summed E-state index contributed by atoms with van der Waals surface area (Å²) >= 11 is 1.78. The van der Waals surface area contributed by atoms with Crippen molar-refractivity contribution in [1.29, 1.82) is 0 Å². The predicted molar refractivity (Wildman–Crippen MR) is 83.9 cm³/mol. The molecular formula is C16H23N3S. The molecule has 0 saturated heterocycles. The van der Waals surface area contributed by atoms with Crippen LogP contribution in [0.5, 0.6) is 0 Å². The molecule has 1 aliphatic carbocycles. The first kappa shape index (κ1) is 13.8. The number of aryl methyl sites for hydroxylation is 1. The van der Waals surface area contributed by atoms with Crippen LogP contribution in [0.4, 0.5) is 0 Å². The van der Waals surface area contributed by atoms with Crippen LogP contribution in [0.25, 0.3) is 0 Å². The average molecular weight is 289 g/mol. The molecule has 0 aromatic carbocycles. The van der Waals surface area contributed by atoms with Crippen LogP contribution in [0, 0.1) is 6.92 Å². The Kier molecular flexibility index (Phi) is 4.53. The van der Waals surface area contributed by atoms with Crippen molar-refractivity contribution in [2.75, 3.05) is 0 Å². The molecule has 0 atom stereocenters. The van der Waals surface area contributed by atoms with Gasteiger partial charge in [0.05, 0.1) is 11.7 Å². The van der Waals surface area contributed by atoms with Gasteiger partial charge in [-0.15, -0.1) is 0 Å². The van der Waals surface area contributed by atoms with Gasteiger partial charge in [-0.3, -0.25) is 4.68 Å². The van der Waals surface area contributed by atoms with Crippen molar-refractivity contribution in [3.8, 4) is 0 Å². The Morgan fingerprint density at radius 2 is 2.10 bits per heavy atom. The highest BCUT2D eigenvalue weighted by Crippen LogP contribution is 2.27. The zero-order valence-corrected chi connectivity index (χ0v) is 13.0. The zero-order valence-electron chi connectivity index (χ0n) is 12.1. The number of aromatic nitrogens is 2. The number of thiophene rings is 1. The van der Waals surface area contributed by atoms with Crippen LogP contribution in [0.1, 0.15) is 55.0 Å². The van der Waals surface area contributed by atoms with E-state index in [4.69, 9.17) is 5.10 Å². The molecule has 1 fully saturated rings. The molecule has 0 aliphatic heterocycles. The second-order valence-electron chi connectivity index (χ2n) is 5.76. The van der Waals surface area contributed by atoms with Crippen molar-refractivity contribution in [3.63, 3.8) is 0 Å². The largest absolute Gasteiger partial charge is 0.307 e. The maximum atomic E-state index is 4.73. The normalized spacial score (nSPS) is 16.6. The zero-order chi connectivity index (χ0) is 13.8. The molecule has 1 N–H and O–H groups in total. The smallest absolute Gasteiger partial charge is 0.0762 e. The SMILES string of the molecule is Cc1cscc1CNCc1ccn(C2CCCCC2)n1. The van der Waals surface area contributed by atoms with Gasteiger partial charge in [-0.1, -0.05) is 19.3 Å². The summed E-state index contributed by atoms with van der Waals surface area (Å²) in [7, 11) is 0. The van der Waals surface area contributed by atoms with Crippen molar-refractivity contribution in [2.24, 2.45) is 0 Å². The van der Waals surface area contributed by atoms with Crippen LogP contribution in [0.3, 0.4) is 0 Å². The van der Waals surface area contributed by atoms with E-state index in [2.05, 4.69) is 39.9 Å². The van der Waals surface area contributed by atoms with Gasteiger partial charge < -0.3 is 5.32 Å². The van der Waals surface area contributed by atoms with Gasteiger partial charge in [0.2, 0.25) is 0 Å². The van der Waals surface area contributed by atoms with E-state index >= 15 is 0 Å². The van der Waals surface area contributed by atoms with Crippen LogP contribution >= 0.6 is 11.3 Å². The van der Waals surface area contributed by atoms with E-state index in [1.54, 1.807) is 11.3 Å². The van der Waals surface area contributed by atoms with Gasteiger partial charge in [-0.05, 0) is 47.7 Å². The van der Waals surface area contributed by atoms with Gasteiger partial charge in [0.1, 0.15) is 0 Å². The first-order valence-corrected chi connectivity index (χ1v) is 8.53. The molecule has 0 unspecified atom stereocenters. The van der Waals surface area contributed by atoms with Crippen molar-refractivity contribution in [2.45, 2.75) is 58.2 Å². The number of hydrogen-bond acceptors (Lipinski definition) is 3. The van der Waals surface area contributed by atoms with Crippen LogP contribution in [-0.4, -0.2) is 9.78 Å². The summed E-state index contributed by atoms with van der Waals surface area (Å²) in [6.07, 6.45) is 8.85. The fraction of sp³-hybridized carbons (Fsp3) is 0.562. The van der Waals surface area contributed by atoms with Crippen LogP contribution < -0.4 is 5.32 Å². The topological polar surface area (TPSA) is 29.9 Å². The number of nitrogens with zero attached hydrogens (tertiary/aromatic N) is 2. The van der Waals surface area contributed by atoms with Crippen molar-refractivity contribution < 1.29 is 0 Å². The lowest BCUT2D eigenvalue weighted by atomic mass is 9.96. The van der Waals surface area contributed by atoms with Gasteiger partial charge >= 0.3 is 0 Å². The van der Waals surface area contributed by atoms with Crippen molar-refractivity contribution >= 4 is 11.3 Å². The average Bonchev–Trinajstić information content (AvgIpc) is 3.10. The number of hydrogen-bond donors (Lipinski definition) is 1. The fourth-order valence-corrected chi connectivity index (χ4v) is 3.77. The van der Waals surface area contributed by atoms with E-state index in [0.29, 0.717) is 6.04 Å². The molecule has 0 amide bonds. The summed E-state index contributed by atoms with van der Waals surface area (Å²) in [6.45, 7) is 3.96. The minimum Gasteiger partial charge on any atom is -0.307 e. The molecule has 0 bridgehead atoms. The number of nitrogens with one attached hydrogen (secondary N) is 1. The quantitative estimate of drug-likeness (QED) is 0.900. The van der Waals surface area contributed by atoms with Gasteiger partial charge in [0.25, 0.3) is 0 Å². The molecule has 2 aromatic heterocycles. The first-order valence-electron chi connectivity index (χ1n) is 7.59. The third-order valence-corrected chi connectivity index (χ3v) is 5.11. The maximum Gasteiger partial charge on any atom is 0.0762 e. The van der Waals surface area contributed by atoms with E-state index < -0.39 is 0 Å². The Balaban J connectivity index is 1.51. The lowest BCUT2D eigenvalue weighted by Gasteiger charge is -2.21. The molecule has 3 rings (SSSR count). The number of rotatable bonds is 5. The molecule has 4 heteroatoms. The van der Waals surface area contributed by atoms with Gasteiger partial charge in [0, 0.05) is 19.3 Å². The van der Waals surface area contributed by atoms with Crippen LogP contribution in [-0.2, 0) is 13.1 Å². The molecular weight excluding hydrogens is 266 g/mol. The molecule has 1 saturated carbocycles. The third-order valence-electron chi connectivity index (χ3n) is 4.20. The van der Waals surface area contributed by atoms with E-state index in [-0.39, 0.29) is 0 Å². The molecule has 2 aromatic rings. The summed E-state index contributed by atoms with van der Waals surface area (Å²) in [4.78, 5) is 0. The maximum absolute atomic E-state index is 4.73.